The summed E-state index contributed by atoms with van der Waals surface area (Å²) in [5, 5.41) is 21.3. The summed E-state index contributed by atoms with van der Waals surface area (Å²) < 4.78 is 1.35. The Morgan fingerprint density at radius 2 is 2.21 bits per heavy atom. The number of aromatic nitrogens is 2. The number of rotatable bonds is 5. The molecule has 2 N–H and O–H groups in total. The van der Waals surface area contributed by atoms with Crippen LogP contribution in [0.3, 0.4) is 0 Å². The number of hydrogen-bond acceptors (Lipinski definition) is 5. The minimum atomic E-state index is -0.470. The Balaban J connectivity index is 0.00000208. The predicted molar refractivity (Wildman–Crippen MR) is 90.8 cm³/mol. The summed E-state index contributed by atoms with van der Waals surface area (Å²) in [7, 11) is 0. The smallest absolute Gasteiger partial charge is 0.294 e. The topological polar surface area (TPSA) is 102 Å². The molecule has 1 saturated heterocycles. The zero-order valence-electron chi connectivity index (χ0n) is 12.8. The number of carbonyl (C=O) groups is 1. The van der Waals surface area contributed by atoms with Gasteiger partial charge in [0.1, 0.15) is 5.69 Å². The number of hydrogen-bond donors (Lipinski definition) is 2. The van der Waals surface area contributed by atoms with Gasteiger partial charge in [-0.05, 0) is 31.5 Å². The molecule has 128 valence electrons. The first kappa shape index (κ1) is 17.9. The molecule has 1 atom stereocenters. The molecule has 0 radical (unpaired) electrons. The zero-order valence-corrected chi connectivity index (χ0v) is 13.7. The van der Waals surface area contributed by atoms with Crippen LogP contribution in [0.25, 0.3) is 5.69 Å². The number of nitro groups is 1. The number of nitrogens with one attached hydrogen (secondary N) is 2. The zero-order chi connectivity index (χ0) is 16.2. The van der Waals surface area contributed by atoms with Gasteiger partial charge < -0.3 is 10.6 Å². The van der Waals surface area contributed by atoms with Gasteiger partial charge in [0.15, 0.2) is 5.69 Å². The Morgan fingerprint density at radius 3 is 2.92 bits per heavy atom. The predicted octanol–water partition coefficient (Wildman–Crippen LogP) is 1.68. The number of nitrogens with zero attached hydrogens (tertiary/aromatic N) is 3. The van der Waals surface area contributed by atoms with Gasteiger partial charge >= 0.3 is 0 Å². The lowest BCUT2D eigenvalue weighted by atomic mass is 10.2. The SMILES string of the molecule is Cl.O=C(NCC1CCCN1)c1ccn(-c2ccccc2[N+](=O)[O-])n1. The van der Waals surface area contributed by atoms with Gasteiger partial charge in [-0.1, -0.05) is 12.1 Å². The molecule has 3 rings (SSSR count). The summed E-state index contributed by atoms with van der Waals surface area (Å²) in [6.07, 6.45) is 3.71. The van der Waals surface area contributed by atoms with Crippen molar-refractivity contribution in [3.63, 3.8) is 0 Å². The molecule has 24 heavy (non-hydrogen) atoms. The van der Waals surface area contributed by atoms with Crippen LogP contribution in [-0.4, -0.2) is 39.7 Å². The Morgan fingerprint density at radius 1 is 1.42 bits per heavy atom. The van der Waals surface area contributed by atoms with Gasteiger partial charge in [0.05, 0.1) is 4.92 Å². The third-order valence-electron chi connectivity index (χ3n) is 3.82. The average molecular weight is 352 g/mol. The van der Waals surface area contributed by atoms with E-state index in [0.717, 1.165) is 19.4 Å². The Kier molecular flexibility index (Phi) is 5.88. The monoisotopic (exact) mass is 351 g/mol. The summed E-state index contributed by atoms with van der Waals surface area (Å²) in [4.78, 5) is 22.7. The molecule has 8 nitrogen and oxygen atoms in total. The molecular formula is C15H18ClN5O3. The number of carbonyl (C=O) groups excluding carboxylic acids is 1. The molecule has 2 heterocycles. The molecular weight excluding hydrogens is 334 g/mol. The average Bonchev–Trinajstić information content (AvgIpc) is 3.24. The maximum absolute atomic E-state index is 12.1. The van der Waals surface area contributed by atoms with E-state index < -0.39 is 4.92 Å². The van der Waals surface area contributed by atoms with E-state index in [2.05, 4.69) is 15.7 Å². The van der Waals surface area contributed by atoms with Crippen LogP contribution in [-0.2, 0) is 0 Å². The van der Waals surface area contributed by atoms with E-state index in [4.69, 9.17) is 0 Å². The van der Waals surface area contributed by atoms with E-state index in [1.807, 2.05) is 0 Å². The van der Waals surface area contributed by atoms with Crippen LogP contribution in [0.1, 0.15) is 23.3 Å². The molecule has 1 fully saturated rings. The fourth-order valence-electron chi connectivity index (χ4n) is 2.63. The van der Waals surface area contributed by atoms with Crippen molar-refractivity contribution >= 4 is 24.0 Å². The highest BCUT2D eigenvalue weighted by Gasteiger charge is 2.18. The molecule has 1 amide bonds. The van der Waals surface area contributed by atoms with Crippen molar-refractivity contribution in [1.82, 2.24) is 20.4 Å². The summed E-state index contributed by atoms with van der Waals surface area (Å²) in [6, 6.07) is 8.13. The number of amides is 1. The van der Waals surface area contributed by atoms with Gasteiger partial charge in [0, 0.05) is 24.8 Å². The lowest BCUT2D eigenvalue weighted by Gasteiger charge is -2.10. The van der Waals surface area contributed by atoms with Crippen LogP contribution in [0.5, 0.6) is 0 Å². The molecule has 0 bridgehead atoms. The molecule has 1 aliphatic rings. The quantitative estimate of drug-likeness (QED) is 0.630. The molecule has 2 aromatic rings. The highest BCUT2D eigenvalue weighted by atomic mass is 35.5. The van der Waals surface area contributed by atoms with Crippen LogP contribution < -0.4 is 10.6 Å². The van der Waals surface area contributed by atoms with Crippen molar-refractivity contribution in [2.24, 2.45) is 0 Å². The molecule has 0 spiro atoms. The fourth-order valence-corrected chi connectivity index (χ4v) is 2.63. The number of benzene rings is 1. The number of nitro benzene ring substituents is 1. The minimum absolute atomic E-state index is 0. The van der Waals surface area contributed by atoms with Crippen LogP contribution in [0.15, 0.2) is 36.5 Å². The summed E-state index contributed by atoms with van der Waals surface area (Å²) in [6.45, 7) is 1.53. The molecule has 1 aliphatic heterocycles. The van der Waals surface area contributed by atoms with Crippen molar-refractivity contribution in [3.05, 3.63) is 52.3 Å². The molecule has 1 aromatic carbocycles. The maximum atomic E-state index is 12.1. The van der Waals surface area contributed by atoms with Gasteiger partial charge in [-0.3, -0.25) is 14.9 Å². The van der Waals surface area contributed by atoms with Crippen molar-refractivity contribution in [3.8, 4) is 5.69 Å². The van der Waals surface area contributed by atoms with Crippen molar-refractivity contribution in [1.29, 1.82) is 0 Å². The lowest BCUT2D eigenvalue weighted by Crippen LogP contribution is -2.37. The Hall–Kier alpha value is -2.45. The van der Waals surface area contributed by atoms with E-state index in [1.54, 1.807) is 30.5 Å². The third-order valence-corrected chi connectivity index (χ3v) is 3.82. The highest BCUT2D eigenvalue weighted by molar-refractivity contribution is 5.92. The van der Waals surface area contributed by atoms with Crippen LogP contribution in [0.2, 0.25) is 0 Å². The van der Waals surface area contributed by atoms with Gasteiger partial charge in [0.2, 0.25) is 0 Å². The van der Waals surface area contributed by atoms with Gasteiger partial charge in [-0.15, -0.1) is 12.4 Å². The summed E-state index contributed by atoms with van der Waals surface area (Å²) in [5.74, 6) is -0.281. The number of para-hydroxylation sites is 2. The maximum Gasteiger partial charge on any atom is 0.294 e. The lowest BCUT2D eigenvalue weighted by molar-refractivity contribution is -0.384. The van der Waals surface area contributed by atoms with Crippen LogP contribution in [0, 0.1) is 10.1 Å². The van der Waals surface area contributed by atoms with Crippen molar-refractivity contribution in [2.75, 3.05) is 13.1 Å². The van der Waals surface area contributed by atoms with E-state index in [-0.39, 0.29) is 29.7 Å². The summed E-state index contributed by atoms with van der Waals surface area (Å²) >= 11 is 0. The van der Waals surface area contributed by atoms with Crippen LogP contribution >= 0.6 is 12.4 Å². The van der Waals surface area contributed by atoms with E-state index in [0.29, 0.717) is 18.3 Å². The second kappa shape index (κ2) is 7.89. The normalized spacial score (nSPS) is 16.4. The van der Waals surface area contributed by atoms with E-state index >= 15 is 0 Å². The second-order valence-corrected chi connectivity index (χ2v) is 5.39. The minimum Gasteiger partial charge on any atom is -0.349 e. The molecule has 9 heteroatoms. The van der Waals surface area contributed by atoms with Gasteiger partial charge in [-0.25, -0.2) is 4.68 Å². The molecule has 0 aliphatic carbocycles. The molecule has 1 unspecified atom stereocenters. The van der Waals surface area contributed by atoms with Gasteiger partial charge in [-0.2, -0.15) is 5.10 Å². The van der Waals surface area contributed by atoms with Gasteiger partial charge in [0.25, 0.3) is 11.6 Å². The Bertz CT molecular complexity index is 727. The van der Waals surface area contributed by atoms with E-state index in [9.17, 15) is 14.9 Å². The first-order valence-corrected chi connectivity index (χ1v) is 7.46. The second-order valence-electron chi connectivity index (χ2n) is 5.39. The molecule has 0 saturated carbocycles. The van der Waals surface area contributed by atoms with Crippen molar-refractivity contribution < 1.29 is 9.72 Å². The first-order valence-electron chi connectivity index (χ1n) is 7.46. The largest absolute Gasteiger partial charge is 0.349 e. The standard InChI is InChI=1S/C15H17N5O3.ClH/c21-15(17-10-11-4-3-8-16-11)12-7-9-19(18-12)13-5-1-2-6-14(13)20(22)23;/h1-2,5-7,9,11,16H,3-4,8,10H2,(H,17,21);1H. The summed E-state index contributed by atoms with van der Waals surface area (Å²) in [5.41, 5.74) is 0.507. The highest BCUT2D eigenvalue weighted by Crippen LogP contribution is 2.21. The van der Waals surface area contributed by atoms with Crippen LogP contribution in [0.4, 0.5) is 5.69 Å². The number of halogens is 1. The third kappa shape index (κ3) is 3.90. The Labute approximate surface area is 144 Å². The van der Waals surface area contributed by atoms with Crippen molar-refractivity contribution in [2.45, 2.75) is 18.9 Å². The first-order chi connectivity index (χ1) is 11.1. The fraction of sp³-hybridized carbons (Fsp3) is 0.333. The van der Waals surface area contributed by atoms with E-state index in [1.165, 1.54) is 10.7 Å². The molecule has 1 aromatic heterocycles.